The summed E-state index contributed by atoms with van der Waals surface area (Å²) in [6, 6.07) is 0.368. The number of amides is 2. The number of hydrogen-bond donors (Lipinski definition) is 0. The van der Waals surface area contributed by atoms with Crippen LogP contribution in [-0.4, -0.2) is 47.8 Å². The monoisotopic (exact) mass is 198 g/mol. The van der Waals surface area contributed by atoms with Crippen LogP contribution in [0, 0.1) is 0 Å². The minimum absolute atomic E-state index is 0.0538. The van der Waals surface area contributed by atoms with E-state index >= 15 is 0 Å². The number of rotatable bonds is 4. The highest BCUT2D eigenvalue weighted by molar-refractivity contribution is 5.79. The van der Waals surface area contributed by atoms with Crippen molar-refractivity contribution in [3.05, 3.63) is 0 Å². The molecule has 0 aromatic carbocycles. The van der Waals surface area contributed by atoms with Gasteiger partial charge in [-0.05, 0) is 13.3 Å². The fraction of sp³-hybridized carbons (Fsp3) is 0.800. The average Bonchev–Trinajstić information content (AvgIpc) is 2.41. The zero-order chi connectivity index (χ0) is 10.7. The minimum atomic E-state index is 0.0538. The Hall–Kier alpha value is -1.06. The molecule has 0 saturated carbocycles. The van der Waals surface area contributed by atoms with E-state index in [-0.39, 0.29) is 11.8 Å². The molecule has 1 saturated heterocycles. The highest BCUT2D eigenvalue weighted by Gasteiger charge is 2.32. The van der Waals surface area contributed by atoms with E-state index in [1.807, 2.05) is 7.05 Å². The number of carbonyl (C=O) groups is 2. The van der Waals surface area contributed by atoms with Crippen molar-refractivity contribution in [2.24, 2.45) is 0 Å². The zero-order valence-corrected chi connectivity index (χ0v) is 9.12. The van der Waals surface area contributed by atoms with Gasteiger partial charge in [0.2, 0.25) is 0 Å². The summed E-state index contributed by atoms with van der Waals surface area (Å²) in [5.41, 5.74) is 0. The lowest BCUT2D eigenvalue weighted by molar-refractivity contribution is -0.117. The quantitative estimate of drug-likeness (QED) is 0.679. The third-order valence-electron chi connectivity index (χ3n) is 2.76. The Kier molecular flexibility index (Phi) is 3.49. The van der Waals surface area contributed by atoms with Crippen LogP contribution in [0.3, 0.4) is 0 Å². The van der Waals surface area contributed by atoms with Gasteiger partial charge >= 0.3 is 6.03 Å². The van der Waals surface area contributed by atoms with E-state index in [1.165, 1.54) is 0 Å². The SMILES string of the molecule is CCC1CN(CCC(C)=O)C(=O)N1C. The molecule has 0 aliphatic carbocycles. The Bertz CT molecular complexity index is 240. The molecule has 0 aromatic heterocycles. The summed E-state index contributed by atoms with van der Waals surface area (Å²) in [6.45, 7) is 4.96. The van der Waals surface area contributed by atoms with Crippen LogP contribution in [0.2, 0.25) is 0 Å². The van der Waals surface area contributed by atoms with Gasteiger partial charge in [-0.3, -0.25) is 4.79 Å². The van der Waals surface area contributed by atoms with Crippen LogP contribution in [0.5, 0.6) is 0 Å². The lowest BCUT2D eigenvalue weighted by Crippen LogP contribution is -2.31. The topological polar surface area (TPSA) is 40.6 Å². The lowest BCUT2D eigenvalue weighted by Gasteiger charge is -2.15. The van der Waals surface area contributed by atoms with Gasteiger partial charge in [0.1, 0.15) is 5.78 Å². The van der Waals surface area contributed by atoms with Gasteiger partial charge in [-0.2, -0.15) is 0 Å². The predicted molar refractivity (Wildman–Crippen MR) is 54.1 cm³/mol. The van der Waals surface area contributed by atoms with Crippen molar-refractivity contribution in [2.75, 3.05) is 20.1 Å². The molecule has 0 aromatic rings. The van der Waals surface area contributed by atoms with E-state index in [4.69, 9.17) is 0 Å². The van der Waals surface area contributed by atoms with Crippen molar-refractivity contribution in [2.45, 2.75) is 32.7 Å². The molecule has 80 valence electrons. The molecule has 4 nitrogen and oxygen atoms in total. The van der Waals surface area contributed by atoms with Crippen LogP contribution in [0.1, 0.15) is 26.7 Å². The normalized spacial score (nSPS) is 21.9. The molecular weight excluding hydrogens is 180 g/mol. The molecule has 1 rings (SSSR count). The summed E-state index contributed by atoms with van der Waals surface area (Å²) in [5, 5.41) is 0. The van der Waals surface area contributed by atoms with Crippen molar-refractivity contribution >= 4 is 11.8 Å². The van der Waals surface area contributed by atoms with Crippen LogP contribution < -0.4 is 0 Å². The lowest BCUT2D eigenvalue weighted by atomic mass is 10.2. The summed E-state index contributed by atoms with van der Waals surface area (Å²) in [6.07, 6.45) is 1.44. The first-order valence-corrected chi connectivity index (χ1v) is 5.07. The molecule has 1 fully saturated rings. The first-order valence-electron chi connectivity index (χ1n) is 5.07. The van der Waals surface area contributed by atoms with E-state index in [2.05, 4.69) is 6.92 Å². The standard InChI is InChI=1S/C10H18N2O2/c1-4-9-7-12(6-5-8(2)13)10(14)11(9)3/h9H,4-7H2,1-3H3. The molecule has 0 bridgehead atoms. The second kappa shape index (κ2) is 4.44. The van der Waals surface area contributed by atoms with E-state index in [1.54, 1.807) is 16.7 Å². The highest BCUT2D eigenvalue weighted by Crippen LogP contribution is 2.16. The van der Waals surface area contributed by atoms with Gasteiger partial charge in [-0.1, -0.05) is 6.92 Å². The van der Waals surface area contributed by atoms with Crippen molar-refractivity contribution in [3.8, 4) is 0 Å². The highest BCUT2D eigenvalue weighted by atomic mass is 16.2. The van der Waals surface area contributed by atoms with Crippen molar-refractivity contribution in [3.63, 3.8) is 0 Å². The van der Waals surface area contributed by atoms with E-state index in [0.717, 1.165) is 13.0 Å². The van der Waals surface area contributed by atoms with Crippen molar-refractivity contribution in [1.82, 2.24) is 9.80 Å². The summed E-state index contributed by atoms with van der Waals surface area (Å²) in [7, 11) is 1.82. The smallest absolute Gasteiger partial charge is 0.320 e. The maximum Gasteiger partial charge on any atom is 0.320 e. The Morgan fingerprint density at radius 3 is 2.64 bits per heavy atom. The molecule has 1 aliphatic rings. The Morgan fingerprint density at radius 2 is 2.21 bits per heavy atom. The molecule has 0 radical (unpaired) electrons. The van der Waals surface area contributed by atoms with Gasteiger partial charge in [0.15, 0.2) is 0 Å². The van der Waals surface area contributed by atoms with E-state index in [0.29, 0.717) is 19.0 Å². The van der Waals surface area contributed by atoms with Gasteiger partial charge in [-0.25, -0.2) is 4.79 Å². The Morgan fingerprint density at radius 1 is 1.57 bits per heavy atom. The summed E-state index contributed by atoms with van der Waals surface area (Å²) in [5.74, 6) is 0.139. The maximum absolute atomic E-state index is 11.6. The summed E-state index contributed by atoms with van der Waals surface area (Å²) in [4.78, 5) is 25.9. The largest absolute Gasteiger partial charge is 0.323 e. The number of likely N-dealkylation sites (N-methyl/N-ethyl adjacent to an activating group) is 1. The molecule has 1 unspecified atom stereocenters. The first kappa shape index (κ1) is 11.0. The fourth-order valence-electron chi connectivity index (χ4n) is 1.72. The second-order valence-electron chi connectivity index (χ2n) is 3.85. The number of hydrogen-bond acceptors (Lipinski definition) is 2. The van der Waals surface area contributed by atoms with Gasteiger partial charge in [0.05, 0.1) is 6.04 Å². The van der Waals surface area contributed by atoms with Gasteiger partial charge in [-0.15, -0.1) is 0 Å². The first-order chi connectivity index (χ1) is 6.56. The Labute approximate surface area is 84.9 Å². The number of urea groups is 1. The molecule has 1 heterocycles. The molecule has 0 spiro atoms. The van der Waals surface area contributed by atoms with Crippen LogP contribution in [0.4, 0.5) is 4.79 Å². The second-order valence-corrected chi connectivity index (χ2v) is 3.85. The molecule has 1 aliphatic heterocycles. The number of ketones is 1. The summed E-state index contributed by atoms with van der Waals surface area (Å²) < 4.78 is 0. The van der Waals surface area contributed by atoms with Crippen LogP contribution in [-0.2, 0) is 4.79 Å². The van der Waals surface area contributed by atoms with Crippen LogP contribution in [0.25, 0.3) is 0 Å². The summed E-state index contributed by atoms with van der Waals surface area (Å²) >= 11 is 0. The maximum atomic E-state index is 11.6. The fourth-order valence-corrected chi connectivity index (χ4v) is 1.72. The van der Waals surface area contributed by atoms with Crippen molar-refractivity contribution < 1.29 is 9.59 Å². The zero-order valence-electron chi connectivity index (χ0n) is 9.12. The molecule has 14 heavy (non-hydrogen) atoms. The van der Waals surface area contributed by atoms with E-state index in [9.17, 15) is 9.59 Å². The third-order valence-corrected chi connectivity index (χ3v) is 2.76. The molecular formula is C10H18N2O2. The van der Waals surface area contributed by atoms with Gasteiger partial charge in [0.25, 0.3) is 0 Å². The number of Topliss-reactive ketones (excluding diaryl/α,β-unsaturated/α-hetero) is 1. The number of nitrogens with zero attached hydrogens (tertiary/aromatic N) is 2. The predicted octanol–water partition coefficient (Wildman–Crippen LogP) is 1.11. The number of carbonyl (C=O) groups excluding carboxylic acids is 2. The van der Waals surface area contributed by atoms with E-state index < -0.39 is 0 Å². The van der Waals surface area contributed by atoms with Gasteiger partial charge in [0, 0.05) is 26.6 Å². The Balaban J connectivity index is 2.48. The molecule has 1 atom stereocenters. The molecule has 0 N–H and O–H groups in total. The minimum Gasteiger partial charge on any atom is -0.323 e. The van der Waals surface area contributed by atoms with Gasteiger partial charge < -0.3 is 9.80 Å². The molecule has 2 amide bonds. The van der Waals surface area contributed by atoms with Crippen LogP contribution in [0.15, 0.2) is 0 Å². The molecule has 4 heteroatoms. The van der Waals surface area contributed by atoms with Crippen LogP contribution >= 0.6 is 0 Å². The third kappa shape index (κ3) is 2.25. The van der Waals surface area contributed by atoms with Crippen molar-refractivity contribution in [1.29, 1.82) is 0 Å². The average molecular weight is 198 g/mol.